The Morgan fingerprint density at radius 2 is 2.00 bits per heavy atom. The summed E-state index contributed by atoms with van der Waals surface area (Å²) in [5.41, 5.74) is 2.04. The number of carbonyl (C=O) groups is 1. The maximum atomic E-state index is 12.4. The van der Waals surface area contributed by atoms with E-state index in [1.807, 2.05) is 10.6 Å². The van der Waals surface area contributed by atoms with Crippen LogP contribution >= 0.6 is 0 Å². The largest absolute Gasteiger partial charge is 0.393 e. The number of H-pyrrole nitrogens is 1. The molecule has 0 aliphatic heterocycles. The molecule has 2 aliphatic rings. The number of hydrogen-bond donors (Lipinski definition) is 3. The number of imidazole rings is 1. The van der Waals surface area contributed by atoms with Gasteiger partial charge in [0.1, 0.15) is 0 Å². The van der Waals surface area contributed by atoms with Crippen molar-refractivity contribution in [1.82, 2.24) is 14.9 Å². The second kappa shape index (κ2) is 6.67. The van der Waals surface area contributed by atoms with Crippen molar-refractivity contribution in [2.45, 2.75) is 57.1 Å². The molecule has 0 bridgehead atoms. The molecule has 6 nitrogen and oxygen atoms in total. The van der Waals surface area contributed by atoms with Crippen molar-refractivity contribution in [2.24, 2.45) is 5.92 Å². The fraction of sp³-hybridized carbons (Fsp3) is 0.579. The first kappa shape index (κ1) is 16.4. The normalized spacial score (nSPS) is 24.2. The topological polar surface area (TPSA) is 87.1 Å². The maximum Gasteiger partial charge on any atom is 0.326 e. The highest BCUT2D eigenvalue weighted by atomic mass is 16.3. The van der Waals surface area contributed by atoms with Gasteiger partial charge in [-0.3, -0.25) is 9.36 Å². The molecule has 2 aromatic rings. The average molecular weight is 343 g/mol. The average Bonchev–Trinajstić information content (AvgIpc) is 3.31. The lowest BCUT2D eigenvalue weighted by Gasteiger charge is -2.15. The SMILES string of the molecule is O=C(NCC1CCCC1O)c1ccc2c(c1)[nH]c(=O)n2C1CCCC1. The summed E-state index contributed by atoms with van der Waals surface area (Å²) in [5, 5.41) is 12.8. The lowest BCUT2D eigenvalue weighted by molar-refractivity contribution is 0.0917. The minimum atomic E-state index is -0.306. The number of benzene rings is 1. The first-order valence-corrected chi connectivity index (χ1v) is 9.34. The van der Waals surface area contributed by atoms with Gasteiger partial charge in [0.05, 0.1) is 17.1 Å². The predicted octanol–water partition coefficient (Wildman–Crippen LogP) is 2.34. The Labute approximate surface area is 146 Å². The molecule has 2 unspecified atom stereocenters. The van der Waals surface area contributed by atoms with Gasteiger partial charge in [0.25, 0.3) is 5.91 Å². The van der Waals surface area contributed by atoms with Crippen LogP contribution in [0.25, 0.3) is 11.0 Å². The number of hydrogen-bond acceptors (Lipinski definition) is 3. The monoisotopic (exact) mass is 343 g/mol. The van der Waals surface area contributed by atoms with Crippen LogP contribution in [-0.4, -0.2) is 33.2 Å². The molecule has 1 heterocycles. The highest BCUT2D eigenvalue weighted by Crippen LogP contribution is 2.30. The molecule has 2 saturated carbocycles. The molecule has 1 amide bonds. The van der Waals surface area contributed by atoms with Gasteiger partial charge in [-0.2, -0.15) is 0 Å². The third kappa shape index (κ3) is 3.11. The van der Waals surface area contributed by atoms with Crippen LogP contribution < -0.4 is 11.0 Å². The van der Waals surface area contributed by atoms with Crippen LogP contribution in [0, 0.1) is 5.92 Å². The van der Waals surface area contributed by atoms with Crippen molar-refractivity contribution in [3.05, 3.63) is 34.2 Å². The van der Waals surface area contributed by atoms with Crippen molar-refractivity contribution in [2.75, 3.05) is 6.54 Å². The molecule has 0 radical (unpaired) electrons. The summed E-state index contributed by atoms with van der Waals surface area (Å²) < 4.78 is 1.85. The second-order valence-electron chi connectivity index (χ2n) is 7.44. The van der Waals surface area contributed by atoms with Crippen LogP contribution in [0.1, 0.15) is 61.3 Å². The smallest absolute Gasteiger partial charge is 0.326 e. The molecule has 6 heteroatoms. The van der Waals surface area contributed by atoms with E-state index >= 15 is 0 Å². The zero-order valence-corrected chi connectivity index (χ0v) is 14.3. The van der Waals surface area contributed by atoms with E-state index in [1.165, 1.54) is 0 Å². The van der Waals surface area contributed by atoms with Crippen molar-refractivity contribution in [3.8, 4) is 0 Å². The molecule has 134 valence electrons. The Balaban J connectivity index is 1.53. The summed E-state index contributed by atoms with van der Waals surface area (Å²) in [7, 11) is 0. The Morgan fingerprint density at radius 1 is 1.20 bits per heavy atom. The number of aromatic nitrogens is 2. The number of aromatic amines is 1. The molecule has 0 saturated heterocycles. The Morgan fingerprint density at radius 3 is 2.72 bits per heavy atom. The zero-order chi connectivity index (χ0) is 17.4. The maximum absolute atomic E-state index is 12.4. The van der Waals surface area contributed by atoms with Gasteiger partial charge >= 0.3 is 5.69 Å². The Kier molecular flexibility index (Phi) is 4.37. The number of amides is 1. The third-order valence-electron chi connectivity index (χ3n) is 5.81. The molecular formula is C19H25N3O3. The molecule has 4 rings (SSSR count). The van der Waals surface area contributed by atoms with Crippen molar-refractivity contribution in [1.29, 1.82) is 0 Å². The standard InChI is InChI=1S/C19H25N3O3/c23-17-7-3-4-13(17)11-20-18(24)12-8-9-16-15(10-12)21-19(25)22(16)14-5-1-2-6-14/h8-10,13-14,17,23H,1-7,11H2,(H,20,24)(H,21,25). The van der Waals surface area contributed by atoms with E-state index in [1.54, 1.807) is 12.1 Å². The van der Waals surface area contributed by atoms with E-state index in [9.17, 15) is 14.7 Å². The number of nitrogens with zero attached hydrogens (tertiary/aromatic N) is 1. The molecular weight excluding hydrogens is 318 g/mol. The van der Waals surface area contributed by atoms with Crippen molar-refractivity contribution >= 4 is 16.9 Å². The van der Waals surface area contributed by atoms with E-state index in [0.29, 0.717) is 17.6 Å². The molecule has 25 heavy (non-hydrogen) atoms. The number of fused-ring (bicyclic) bond motifs is 1. The van der Waals surface area contributed by atoms with Crippen molar-refractivity contribution < 1.29 is 9.90 Å². The van der Waals surface area contributed by atoms with Gasteiger partial charge in [0, 0.05) is 24.1 Å². The molecule has 3 N–H and O–H groups in total. The zero-order valence-electron chi connectivity index (χ0n) is 14.3. The summed E-state index contributed by atoms with van der Waals surface area (Å²) in [6.45, 7) is 0.498. The number of aliphatic hydroxyl groups excluding tert-OH is 1. The molecule has 0 spiro atoms. The van der Waals surface area contributed by atoms with Gasteiger partial charge in [0.15, 0.2) is 0 Å². The van der Waals surface area contributed by atoms with E-state index in [2.05, 4.69) is 10.3 Å². The summed E-state index contributed by atoms with van der Waals surface area (Å²) in [5.74, 6) is -0.00796. The van der Waals surface area contributed by atoms with E-state index in [4.69, 9.17) is 0 Å². The first-order chi connectivity index (χ1) is 12.1. The highest BCUT2D eigenvalue weighted by molar-refractivity contribution is 5.97. The third-order valence-corrected chi connectivity index (χ3v) is 5.81. The van der Waals surface area contributed by atoms with Gasteiger partial charge in [-0.1, -0.05) is 19.3 Å². The van der Waals surface area contributed by atoms with E-state index < -0.39 is 0 Å². The van der Waals surface area contributed by atoms with Gasteiger partial charge in [-0.25, -0.2) is 4.79 Å². The molecule has 2 aliphatic carbocycles. The summed E-state index contributed by atoms with van der Waals surface area (Å²) in [6.07, 6.45) is 6.90. The second-order valence-corrected chi connectivity index (χ2v) is 7.44. The van der Waals surface area contributed by atoms with Gasteiger partial charge in [0.2, 0.25) is 0 Å². The minimum absolute atomic E-state index is 0.0893. The fourth-order valence-corrected chi connectivity index (χ4v) is 4.38. The lowest BCUT2D eigenvalue weighted by Crippen LogP contribution is -2.32. The number of carbonyl (C=O) groups excluding carboxylic acids is 1. The van der Waals surface area contributed by atoms with Crippen LogP contribution in [0.3, 0.4) is 0 Å². The first-order valence-electron chi connectivity index (χ1n) is 9.34. The summed E-state index contributed by atoms with van der Waals surface area (Å²) in [6, 6.07) is 5.67. The molecule has 1 aromatic carbocycles. The molecule has 2 fully saturated rings. The fourth-order valence-electron chi connectivity index (χ4n) is 4.38. The van der Waals surface area contributed by atoms with Crippen LogP contribution in [0.15, 0.2) is 23.0 Å². The van der Waals surface area contributed by atoms with Gasteiger partial charge in [-0.05, 0) is 43.9 Å². The Bertz CT molecular complexity index is 832. The lowest BCUT2D eigenvalue weighted by atomic mass is 10.1. The quantitative estimate of drug-likeness (QED) is 0.796. The minimum Gasteiger partial charge on any atom is -0.393 e. The van der Waals surface area contributed by atoms with Gasteiger partial charge < -0.3 is 15.4 Å². The predicted molar refractivity (Wildman–Crippen MR) is 95.7 cm³/mol. The van der Waals surface area contributed by atoms with Gasteiger partial charge in [-0.15, -0.1) is 0 Å². The van der Waals surface area contributed by atoms with E-state index in [0.717, 1.165) is 50.5 Å². The van der Waals surface area contributed by atoms with Crippen LogP contribution in [0.5, 0.6) is 0 Å². The molecule has 1 aromatic heterocycles. The van der Waals surface area contributed by atoms with Crippen molar-refractivity contribution in [3.63, 3.8) is 0 Å². The summed E-state index contributed by atoms with van der Waals surface area (Å²) >= 11 is 0. The number of nitrogens with one attached hydrogen (secondary N) is 2. The Hall–Kier alpha value is -2.08. The highest BCUT2D eigenvalue weighted by Gasteiger charge is 2.26. The summed E-state index contributed by atoms with van der Waals surface area (Å²) in [4.78, 5) is 27.6. The number of rotatable bonds is 4. The van der Waals surface area contributed by atoms with Crippen LogP contribution in [0.2, 0.25) is 0 Å². The molecule has 2 atom stereocenters. The van der Waals surface area contributed by atoms with E-state index in [-0.39, 0.29) is 29.7 Å². The van der Waals surface area contributed by atoms with Crippen LogP contribution in [0.4, 0.5) is 0 Å². The van der Waals surface area contributed by atoms with Crippen LogP contribution in [-0.2, 0) is 0 Å². The number of aliphatic hydroxyl groups is 1.